The van der Waals surface area contributed by atoms with E-state index in [0.717, 1.165) is 25.8 Å². The first-order valence-electron chi connectivity index (χ1n) is 16.2. The largest absolute Gasteiger partial charge is 0.497 e. The van der Waals surface area contributed by atoms with Crippen molar-refractivity contribution in [1.29, 1.82) is 0 Å². The van der Waals surface area contributed by atoms with Gasteiger partial charge in [0.2, 0.25) is 0 Å². The minimum Gasteiger partial charge on any atom is -0.497 e. The molecular formula is C36H49N3O7S. The molecule has 0 radical (unpaired) electrons. The minimum absolute atomic E-state index is 0.0576. The van der Waals surface area contributed by atoms with Crippen LogP contribution in [0.5, 0.6) is 11.5 Å². The first kappa shape index (κ1) is 36.2. The average molecular weight is 668 g/mol. The molecule has 1 heterocycles. The number of likely N-dealkylation sites (N-methyl/N-ethyl adjacent to an activating group) is 1. The van der Waals surface area contributed by atoms with Gasteiger partial charge in [-0.2, -0.15) is 0 Å². The number of aliphatic hydroxyl groups is 1. The molecule has 1 aliphatic heterocycles. The lowest BCUT2D eigenvalue weighted by Crippen LogP contribution is -2.47. The third-order valence-electron chi connectivity index (χ3n) is 8.46. The molecule has 0 aromatic heterocycles. The third kappa shape index (κ3) is 10.2. The Morgan fingerprint density at radius 2 is 1.79 bits per heavy atom. The first-order valence-corrected chi connectivity index (χ1v) is 17.7. The lowest BCUT2D eigenvalue weighted by atomic mass is 10.0. The van der Waals surface area contributed by atoms with Crippen LogP contribution in [0.1, 0.15) is 56.0 Å². The fraction of sp³-hybridized carbons (Fsp3) is 0.472. The van der Waals surface area contributed by atoms with E-state index in [1.165, 1.54) is 30.9 Å². The summed E-state index contributed by atoms with van der Waals surface area (Å²) in [6.45, 7) is 7.92. The van der Waals surface area contributed by atoms with E-state index < -0.39 is 16.1 Å². The summed E-state index contributed by atoms with van der Waals surface area (Å²) in [5.41, 5.74) is 1.65. The fourth-order valence-corrected chi connectivity index (χ4v) is 6.73. The molecule has 256 valence electrons. The molecule has 0 spiro atoms. The van der Waals surface area contributed by atoms with E-state index in [1.807, 2.05) is 25.1 Å². The number of carbonyl (C=O) groups excluding carboxylic acids is 1. The Morgan fingerprint density at radius 3 is 2.47 bits per heavy atom. The van der Waals surface area contributed by atoms with Crippen molar-refractivity contribution in [2.75, 3.05) is 45.2 Å². The molecule has 2 N–H and O–H groups in total. The van der Waals surface area contributed by atoms with Crippen molar-refractivity contribution in [1.82, 2.24) is 9.80 Å². The zero-order valence-electron chi connectivity index (χ0n) is 28.1. The van der Waals surface area contributed by atoms with Crippen LogP contribution in [0.2, 0.25) is 0 Å². The van der Waals surface area contributed by atoms with Crippen molar-refractivity contribution in [3.05, 3.63) is 83.9 Å². The Morgan fingerprint density at radius 1 is 1.06 bits per heavy atom. The second kappa shape index (κ2) is 17.0. The Labute approximate surface area is 279 Å². The van der Waals surface area contributed by atoms with Crippen molar-refractivity contribution in [2.24, 2.45) is 5.92 Å². The van der Waals surface area contributed by atoms with Crippen molar-refractivity contribution < 1.29 is 32.5 Å². The molecule has 11 heteroatoms. The van der Waals surface area contributed by atoms with Gasteiger partial charge in [0, 0.05) is 37.8 Å². The summed E-state index contributed by atoms with van der Waals surface area (Å²) in [5, 5.41) is 10.2. The number of ether oxygens (including phenoxy) is 3. The predicted octanol–water partition coefficient (Wildman–Crippen LogP) is 5.42. The molecule has 0 fully saturated rings. The number of carbonyl (C=O) groups is 1. The number of aliphatic hydroxyl groups excluding tert-OH is 1. The fourth-order valence-electron chi connectivity index (χ4n) is 5.68. The van der Waals surface area contributed by atoms with E-state index in [0.29, 0.717) is 31.2 Å². The summed E-state index contributed by atoms with van der Waals surface area (Å²) in [5.74, 6) is 0.466. The molecule has 0 saturated carbocycles. The molecule has 3 aromatic rings. The summed E-state index contributed by atoms with van der Waals surface area (Å²) >= 11 is 0. The number of rotatable bonds is 10. The van der Waals surface area contributed by atoms with Crippen LogP contribution in [-0.2, 0) is 21.3 Å². The number of sulfonamides is 1. The standard InChI is InChI=1S/C36H49N3O7S/c1-26-22-39(27(2)25-40)36(41)33-21-30(37-47(42,43)32-17-15-31(44-5)16-18-32)14-19-34(33)46-28(3)11-9-10-20-45-35(26)24-38(4)23-29-12-7-6-8-13-29/h6-8,12-19,21,26-28,35,37,40H,9-11,20,22-25H2,1-5H3/t26-,27-,28-,35+/m1/s1. The second-order valence-corrected chi connectivity index (χ2v) is 14.2. The maximum atomic E-state index is 14.4. The Kier molecular flexibility index (Phi) is 13.1. The number of fused-ring (bicyclic) bond motifs is 1. The van der Waals surface area contributed by atoms with Gasteiger partial charge in [0.25, 0.3) is 15.9 Å². The molecule has 0 bridgehead atoms. The van der Waals surface area contributed by atoms with E-state index in [2.05, 4.69) is 35.7 Å². The topological polar surface area (TPSA) is 118 Å². The summed E-state index contributed by atoms with van der Waals surface area (Å²) in [4.78, 5) is 18.3. The molecule has 1 amide bonds. The van der Waals surface area contributed by atoms with Crippen LogP contribution in [0.15, 0.2) is 77.7 Å². The molecule has 0 unspecified atom stereocenters. The van der Waals surface area contributed by atoms with Gasteiger partial charge in [-0.1, -0.05) is 37.3 Å². The maximum Gasteiger partial charge on any atom is 0.261 e. The summed E-state index contributed by atoms with van der Waals surface area (Å²) < 4.78 is 47.0. The van der Waals surface area contributed by atoms with Crippen LogP contribution in [0.4, 0.5) is 5.69 Å². The van der Waals surface area contributed by atoms with Crippen molar-refractivity contribution in [3.8, 4) is 11.5 Å². The maximum absolute atomic E-state index is 14.4. The van der Waals surface area contributed by atoms with E-state index in [-0.39, 0.29) is 46.8 Å². The molecule has 4 atom stereocenters. The number of anilines is 1. The highest BCUT2D eigenvalue weighted by Crippen LogP contribution is 2.30. The molecular weight excluding hydrogens is 618 g/mol. The number of nitrogens with one attached hydrogen (secondary N) is 1. The number of nitrogens with zero attached hydrogens (tertiary/aromatic N) is 2. The van der Waals surface area contributed by atoms with Gasteiger partial charge < -0.3 is 24.2 Å². The number of benzene rings is 3. The minimum atomic E-state index is -3.96. The summed E-state index contributed by atoms with van der Waals surface area (Å²) in [7, 11) is -0.382. The average Bonchev–Trinajstić information content (AvgIpc) is 3.06. The highest BCUT2D eigenvalue weighted by Gasteiger charge is 2.30. The van der Waals surface area contributed by atoms with Gasteiger partial charge in [-0.3, -0.25) is 14.4 Å². The van der Waals surface area contributed by atoms with Crippen molar-refractivity contribution in [3.63, 3.8) is 0 Å². The van der Waals surface area contributed by atoms with Gasteiger partial charge in [-0.05, 0) is 88.2 Å². The molecule has 3 aromatic carbocycles. The summed E-state index contributed by atoms with van der Waals surface area (Å²) in [6, 6.07) is 20.6. The molecule has 47 heavy (non-hydrogen) atoms. The third-order valence-corrected chi connectivity index (χ3v) is 9.86. The highest BCUT2D eigenvalue weighted by molar-refractivity contribution is 7.92. The second-order valence-electron chi connectivity index (χ2n) is 12.5. The zero-order valence-corrected chi connectivity index (χ0v) is 28.9. The Hall–Kier alpha value is -3.64. The monoisotopic (exact) mass is 667 g/mol. The van der Waals surface area contributed by atoms with Crippen LogP contribution >= 0.6 is 0 Å². The first-order chi connectivity index (χ1) is 22.5. The van der Waals surface area contributed by atoms with Crippen LogP contribution in [0.3, 0.4) is 0 Å². The van der Waals surface area contributed by atoms with E-state index in [9.17, 15) is 18.3 Å². The number of hydrogen-bond donors (Lipinski definition) is 2. The molecule has 0 aliphatic carbocycles. The molecule has 4 rings (SSSR count). The van der Waals surface area contributed by atoms with E-state index in [4.69, 9.17) is 14.2 Å². The number of amides is 1. The van der Waals surface area contributed by atoms with Crippen molar-refractivity contribution >= 4 is 21.6 Å². The SMILES string of the molecule is COc1ccc(S(=O)(=O)Nc2ccc3c(c2)C(=O)N([C@H](C)CO)C[C@@H](C)[C@H](CN(C)Cc2ccccc2)OCCCC[C@@H](C)O3)cc1. The van der Waals surface area contributed by atoms with Crippen LogP contribution in [0.25, 0.3) is 0 Å². The van der Waals surface area contributed by atoms with Gasteiger partial charge in [0.05, 0.1) is 42.4 Å². The Bertz CT molecular complexity index is 1540. The quantitative estimate of drug-likeness (QED) is 0.294. The Balaban J connectivity index is 1.64. The van der Waals surface area contributed by atoms with E-state index in [1.54, 1.807) is 36.1 Å². The highest BCUT2D eigenvalue weighted by atomic mass is 32.2. The number of methoxy groups -OCH3 is 1. The van der Waals surface area contributed by atoms with Gasteiger partial charge in [-0.15, -0.1) is 0 Å². The lowest BCUT2D eigenvalue weighted by Gasteiger charge is -2.36. The van der Waals surface area contributed by atoms with Crippen LogP contribution in [0, 0.1) is 5.92 Å². The smallest absolute Gasteiger partial charge is 0.261 e. The van der Waals surface area contributed by atoms with Gasteiger partial charge >= 0.3 is 0 Å². The van der Waals surface area contributed by atoms with Crippen molar-refractivity contribution in [2.45, 2.75) is 69.7 Å². The zero-order chi connectivity index (χ0) is 34.0. The molecule has 0 saturated heterocycles. The van der Waals surface area contributed by atoms with Gasteiger partial charge in [0.1, 0.15) is 11.5 Å². The molecule has 1 aliphatic rings. The molecule has 10 nitrogen and oxygen atoms in total. The van der Waals surface area contributed by atoms with Gasteiger partial charge in [0.15, 0.2) is 0 Å². The van der Waals surface area contributed by atoms with Gasteiger partial charge in [-0.25, -0.2) is 8.42 Å². The lowest BCUT2D eigenvalue weighted by molar-refractivity contribution is -0.0177. The predicted molar refractivity (Wildman–Crippen MR) is 183 cm³/mol. The van der Waals surface area contributed by atoms with E-state index >= 15 is 0 Å². The number of hydrogen-bond acceptors (Lipinski definition) is 8. The van der Waals surface area contributed by atoms with Crippen LogP contribution < -0.4 is 14.2 Å². The normalized spacial score (nSPS) is 20.5. The summed E-state index contributed by atoms with van der Waals surface area (Å²) in [6.07, 6.45) is 2.16. The van der Waals surface area contributed by atoms with Crippen LogP contribution in [-0.4, -0.2) is 87.9 Å².